The highest BCUT2D eigenvalue weighted by molar-refractivity contribution is 5.88. The van der Waals surface area contributed by atoms with E-state index >= 15 is 0 Å². The minimum atomic E-state index is 0.463. The molecule has 2 N–H and O–H groups in total. The number of amidine groups is 1. The highest BCUT2D eigenvalue weighted by Gasteiger charge is 2.25. The van der Waals surface area contributed by atoms with Crippen LogP contribution in [-0.2, 0) is 0 Å². The molecule has 3 nitrogen and oxygen atoms in total. The maximum atomic E-state index is 5.97. The molecule has 1 fully saturated rings. The number of nitrogens with zero attached hydrogens (tertiary/aromatic N) is 1. The molecule has 0 bridgehead atoms. The number of benzene rings is 2. The quantitative estimate of drug-likeness (QED) is 0.663. The van der Waals surface area contributed by atoms with E-state index in [1.807, 2.05) is 54.6 Å². The maximum Gasteiger partial charge on any atom is 0.153 e. The van der Waals surface area contributed by atoms with Gasteiger partial charge in [-0.15, -0.1) is 0 Å². The summed E-state index contributed by atoms with van der Waals surface area (Å²) >= 11 is 0. The smallest absolute Gasteiger partial charge is 0.153 e. The fourth-order valence-corrected chi connectivity index (χ4v) is 1.86. The first-order valence-corrected chi connectivity index (χ1v) is 6.49. The first-order chi connectivity index (χ1) is 9.33. The van der Waals surface area contributed by atoms with Crippen LogP contribution in [0.4, 0.5) is 5.69 Å². The summed E-state index contributed by atoms with van der Waals surface area (Å²) in [6.07, 6.45) is 2.30. The molecule has 0 heterocycles. The molecule has 2 aromatic carbocycles. The van der Waals surface area contributed by atoms with Crippen molar-refractivity contribution in [2.75, 3.05) is 0 Å². The summed E-state index contributed by atoms with van der Waals surface area (Å²) in [5, 5.41) is 0. The van der Waals surface area contributed by atoms with Gasteiger partial charge in [0.25, 0.3) is 0 Å². The van der Waals surface area contributed by atoms with Crippen molar-refractivity contribution in [2.24, 2.45) is 16.6 Å². The molecule has 96 valence electrons. The summed E-state index contributed by atoms with van der Waals surface area (Å²) in [5.41, 5.74) is 6.76. The van der Waals surface area contributed by atoms with Gasteiger partial charge in [0.1, 0.15) is 17.3 Å². The van der Waals surface area contributed by atoms with Crippen molar-refractivity contribution < 1.29 is 4.74 Å². The van der Waals surface area contributed by atoms with Gasteiger partial charge in [-0.25, -0.2) is 4.99 Å². The van der Waals surface area contributed by atoms with Gasteiger partial charge in [-0.1, -0.05) is 30.3 Å². The predicted molar refractivity (Wildman–Crippen MR) is 77.0 cm³/mol. The van der Waals surface area contributed by atoms with Crippen molar-refractivity contribution >= 4 is 11.5 Å². The zero-order valence-electron chi connectivity index (χ0n) is 10.6. The van der Waals surface area contributed by atoms with Crippen molar-refractivity contribution in [2.45, 2.75) is 12.8 Å². The van der Waals surface area contributed by atoms with Crippen molar-refractivity contribution in [1.82, 2.24) is 0 Å². The molecule has 0 amide bonds. The highest BCUT2D eigenvalue weighted by atomic mass is 16.5. The van der Waals surface area contributed by atoms with E-state index in [4.69, 9.17) is 10.5 Å². The van der Waals surface area contributed by atoms with Gasteiger partial charge < -0.3 is 10.5 Å². The highest BCUT2D eigenvalue weighted by Crippen LogP contribution is 2.34. The molecule has 1 saturated carbocycles. The lowest BCUT2D eigenvalue weighted by molar-refractivity contribution is 0.484. The van der Waals surface area contributed by atoms with Crippen LogP contribution in [0.3, 0.4) is 0 Å². The largest absolute Gasteiger partial charge is 0.455 e. The first kappa shape index (κ1) is 11.8. The van der Waals surface area contributed by atoms with Gasteiger partial charge in [0.2, 0.25) is 0 Å². The summed E-state index contributed by atoms with van der Waals surface area (Å²) in [7, 11) is 0. The lowest BCUT2D eigenvalue weighted by Crippen LogP contribution is -2.13. The molecular formula is C16H16N2O. The number of nitrogens with two attached hydrogens (primary N) is 1. The summed E-state index contributed by atoms with van der Waals surface area (Å²) in [6.45, 7) is 0. The number of ether oxygens (including phenoxy) is 1. The Morgan fingerprint density at radius 2 is 1.68 bits per heavy atom. The molecule has 19 heavy (non-hydrogen) atoms. The zero-order valence-corrected chi connectivity index (χ0v) is 10.6. The molecule has 0 saturated heterocycles. The molecular weight excluding hydrogens is 236 g/mol. The third-order valence-electron chi connectivity index (χ3n) is 3.08. The van der Waals surface area contributed by atoms with Gasteiger partial charge in [0, 0.05) is 5.92 Å². The molecule has 0 unspecified atom stereocenters. The molecule has 2 aromatic rings. The molecule has 0 radical (unpaired) electrons. The summed E-state index contributed by atoms with van der Waals surface area (Å²) in [6, 6.07) is 17.4. The molecule has 0 spiro atoms. The number of hydrogen-bond acceptors (Lipinski definition) is 2. The number of para-hydroxylation sites is 3. The van der Waals surface area contributed by atoms with Crippen LogP contribution in [0.25, 0.3) is 0 Å². The lowest BCUT2D eigenvalue weighted by atomic mass is 10.3. The Morgan fingerprint density at radius 1 is 1.00 bits per heavy atom. The second-order valence-electron chi connectivity index (χ2n) is 4.69. The Hall–Kier alpha value is -2.29. The third-order valence-corrected chi connectivity index (χ3v) is 3.08. The van der Waals surface area contributed by atoms with Gasteiger partial charge in [-0.2, -0.15) is 0 Å². The Labute approximate surface area is 112 Å². The topological polar surface area (TPSA) is 47.6 Å². The Balaban J connectivity index is 1.87. The summed E-state index contributed by atoms with van der Waals surface area (Å²) in [5.74, 6) is 2.71. The minimum absolute atomic E-state index is 0.463. The van der Waals surface area contributed by atoms with Crippen LogP contribution in [0.1, 0.15) is 12.8 Å². The minimum Gasteiger partial charge on any atom is -0.455 e. The zero-order chi connectivity index (χ0) is 13.1. The number of hydrogen-bond donors (Lipinski definition) is 1. The van der Waals surface area contributed by atoms with Crippen LogP contribution in [0, 0.1) is 5.92 Å². The van der Waals surface area contributed by atoms with Crippen LogP contribution in [0.5, 0.6) is 11.5 Å². The molecule has 0 atom stereocenters. The second-order valence-corrected chi connectivity index (χ2v) is 4.69. The van der Waals surface area contributed by atoms with Gasteiger partial charge in [0.05, 0.1) is 0 Å². The lowest BCUT2D eigenvalue weighted by Gasteiger charge is -2.08. The number of aliphatic imine (C=N–C) groups is 1. The Kier molecular flexibility index (Phi) is 3.19. The molecule has 0 aromatic heterocycles. The van der Waals surface area contributed by atoms with E-state index in [9.17, 15) is 0 Å². The monoisotopic (exact) mass is 252 g/mol. The predicted octanol–water partition coefficient (Wildman–Crippen LogP) is 3.88. The molecule has 1 aliphatic rings. The fourth-order valence-electron chi connectivity index (χ4n) is 1.86. The van der Waals surface area contributed by atoms with Crippen molar-refractivity contribution in [3.63, 3.8) is 0 Å². The van der Waals surface area contributed by atoms with Gasteiger partial charge in [-0.3, -0.25) is 0 Å². The average Bonchev–Trinajstić information content (AvgIpc) is 3.26. The van der Waals surface area contributed by atoms with Crippen LogP contribution in [0.15, 0.2) is 59.6 Å². The van der Waals surface area contributed by atoms with Crippen molar-refractivity contribution in [3.8, 4) is 11.5 Å². The van der Waals surface area contributed by atoms with Gasteiger partial charge in [0.15, 0.2) is 5.75 Å². The van der Waals surface area contributed by atoms with E-state index in [1.54, 1.807) is 0 Å². The maximum absolute atomic E-state index is 5.97. The SMILES string of the molecule is NC(=Nc1ccccc1Oc1ccccc1)C1CC1. The van der Waals surface area contributed by atoms with E-state index in [0.717, 1.165) is 30.0 Å². The van der Waals surface area contributed by atoms with E-state index in [1.165, 1.54) is 0 Å². The first-order valence-electron chi connectivity index (χ1n) is 6.49. The molecule has 0 aliphatic heterocycles. The second kappa shape index (κ2) is 5.14. The van der Waals surface area contributed by atoms with Gasteiger partial charge >= 0.3 is 0 Å². The third kappa shape index (κ3) is 2.94. The molecule has 1 aliphatic carbocycles. The van der Waals surface area contributed by atoms with E-state index in [-0.39, 0.29) is 0 Å². The number of rotatable bonds is 4. The fraction of sp³-hybridized carbons (Fsp3) is 0.188. The average molecular weight is 252 g/mol. The van der Waals surface area contributed by atoms with Crippen LogP contribution >= 0.6 is 0 Å². The van der Waals surface area contributed by atoms with Crippen molar-refractivity contribution in [1.29, 1.82) is 0 Å². The van der Waals surface area contributed by atoms with Crippen LogP contribution < -0.4 is 10.5 Å². The molecule has 3 heteroatoms. The Bertz CT molecular complexity index is 589. The van der Waals surface area contributed by atoms with E-state index in [2.05, 4.69) is 4.99 Å². The normalized spacial score (nSPS) is 15.3. The van der Waals surface area contributed by atoms with Crippen molar-refractivity contribution in [3.05, 3.63) is 54.6 Å². The summed E-state index contributed by atoms with van der Waals surface area (Å²) < 4.78 is 5.85. The summed E-state index contributed by atoms with van der Waals surface area (Å²) in [4.78, 5) is 4.49. The van der Waals surface area contributed by atoms with Crippen LogP contribution in [-0.4, -0.2) is 5.84 Å². The van der Waals surface area contributed by atoms with Crippen LogP contribution in [0.2, 0.25) is 0 Å². The molecule has 3 rings (SSSR count). The standard InChI is InChI=1S/C16H16N2O/c17-16(12-10-11-12)18-14-8-4-5-9-15(14)19-13-6-2-1-3-7-13/h1-9,12H,10-11H2,(H2,17,18). The van der Waals surface area contributed by atoms with E-state index in [0.29, 0.717) is 11.8 Å². The van der Waals surface area contributed by atoms with Gasteiger partial charge in [-0.05, 0) is 37.1 Å². The Morgan fingerprint density at radius 3 is 2.42 bits per heavy atom. The van der Waals surface area contributed by atoms with E-state index < -0.39 is 0 Å².